The highest BCUT2D eigenvalue weighted by atomic mass is 32.1. The smallest absolute Gasteiger partial charge is 0.280 e. The first kappa shape index (κ1) is 19.1. The van der Waals surface area contributed by atoms with Crippen molar-refractivity contribution >= 4 is 38.3 Å². The van der Waals surface area contributed by atoms with E-state index in [-0.39, 0.29) is 12.1 Å². The zero-order valence-electron chi connectivity index (χ0n) is 17.3. The number of allylic oxidation sites excluding steroid dienone is 2. The van der Waals surface area contributed by atoms with Crippen LogP contribution in [0.5, 0.6) is 0 Å². The van der Waals surface area contributed by atoms with Crippen molar-refractivity contribution in [1.82, 2.24) is 34.2 Å². The summed E-state index contributed by atoms with van der Waals surface area (Å²) in [4.78, 5) is 28.4. The third-order valence-electron chi connectivity index (χ3n) is 5.99. The van der Waals surface area contributed by atoms with Crippen LogP contribution in [0.3, 0.4) is 0 Å². The predicted octanol–water partition coefficient (Wildman–Crippen LogP) is 3.28. The van der Waals surface area contributed by atoms with Crippen LogP contribution in [0, 0.1) is 11.8 Å². The molecule has 2 aliphatic carbocycles. The van der Waals surface area contributed by atoms with E-state index in [1.165, 1.54) is 40.3 Å². The summed E-state index contributed by atoms with van der Waals surface area (Å²) in [6.07, 6.45) is 9.45. The maximum atomic E-state index is 12.1. The monoisotopic (exact) mass is 445 g/mol. The van der Waals surface area contributed by atoms with E-state index >= 15 is 0 Å². The number of hydrogen-bond donors (Lipinski definition) is 0. The molecule has 2 atom stereocenters. The quantitative estimate of drug-likeness (QED) is 0.420. The highest BCUT2D eigenvalue weighted by molar-refractivity contribution is 7.16. The minimum atomic E-state index is -0.187. The highest BCUT2D eigenvalue weighted by Crippen LogP contribution is 2.52. The van der Waals surface area contributed by atoms with Crippen LogP contribution >= 0.6 is 11.3 Å². The maximum Gasteiger partial charge on any atom is 0.280 e. The largest absolute Gasteiger partial charge is 0.338 e. The van der Waals surface area contributed by atoms with Gasteiger partial charge >= 0.3 is 0 Å². The second kappa shape index (κ2) is 7.49. The summed E-state index contributed by atoms with van der Waals surface area (Å²) in [6.45, 7) is 0.201. The lowest BCUT2D eigenvalue weighted by Crippen LogP contribution is -2.22. The topological polar surface area (TPSA) is 105 Å². The lowest BCUT2D eigenvalue weighted by molar-refractivity contribution is 0.368. The first-order valence-electron chi connectivity index (χ1n) is 10.3. The third-order valence-corrected chi connectivity index (χ3v) is 6.80. The second-order valence-electron chi connectivity index (χ2n) is 8.13. The molecule has 0 amide bonds. The van der Waals surface area contributed by atoms with Crippen LogP contribution in [0.4, 0.5) is 0 Å². The Bertz CT molecular complexity index is 1510. The molecule has 10 heteroatoms. The Kier molecular flexibility index (Phi) is 4.46. The molecule has 1 saturated carbocycles. The van der Waals surface area contributed by atoms with Gasteiger partial charge in [-0.25, -0.2) is 15.0 Å². The second-order valence-corrected chi connectivity index (χ2v) is 9.02. The molecule has 32 heavy (non-hydrogen) atoms. The van der Waals surface area contributed by atoms with Crippen LogP contribution in [-0.2, 0) is 13.6 Å². The van der Waals surface area contributed by atoms with Gasteiger partial charge < -0.3 is 9.09 Å². The van der Waals surface area contributed by atoms with E-state index < -0.39 is 0 Å². The van der Waals surface area contributed by atoms with Crippen LogP contribution in [0.25, 0.3) is 27.0 Å². The molecule has 0 saturated heterocycles. The number of hydrogen-bond acceptors (Lipinski definition) is 8. The van der Waals surface area contributed by atoms with Crippen molar-refractivity contribution in [2.45, 2.75) is 19.4 Å². The Hall–Kier alpha value is -3.66. The van der Waals surface area contributed by atoms with Gasteiger partial charge in [-0.05, 0) is 47.9 Å². The molecule has 0 N–H and O–H groups in total. The van der Waals surface area contributed by atoms with E-state index in [2.05, 4.69) is 49.4 Å². The standard InChI is InChI=1S/C13H11NS.C9H8N6O2/c1-2-13-12(14-7-15-13)6-8(1)9-3-10-5-11(10)4-9;1-14-4-11-8-7(14)9(16)15(5-12-8)2-6-10-3-13-17-6/h1-3,6-7,10-11H,4-5H2;3-5H,2H2,1H3/t10-,11+;/m1./s1. The van der Waals surface area contributed by atoms with Gasteiger partial charge in [0.05, 0.1) is 22.1 Å². The molecule has 0 bridgehead atoms. The molecule has 1 aromatic carbocycles. The van der Waals surface area contributed by atoms with E-state index in [1.807, 2.05) is 5.51 Å². The Morgan fingerprint density at radius 2 is 2.09 bits per heavy atom. The molecule has 9 nitrogen and oxygen atoms in total. The van der Waals surface area contributed by atoms with E-state index in [1.54, 1.807) is 34.9 Å². The van der Waals surface area contributed by atoms with E-state index in [0.29, 0.717) is 17.1 Å². The van der Waals surface area contributed by atoms with Gasteiger partial charge in [-0.2, -0.15) is 4.98 Å². The van der Waals surface area contributed by atoms with Crippen molar-refractivity contribution in [3.8, 4) is 0 Å². The maximum absolute atomic E-state index is 12.1. The van der Waals surface area contributed by atoms with Gasteiger partial charge in [-0.15, -0.1) is 11.3 Å². The van der Waals surface area contributed by atoms with Crippen molar-refractivity contribution < 1.29 is 4.52 Å². The van der Waals surface area contributed by atoms with Crippen molar-refractivity contribution in [1.29, 1.82) is 0 Å². The van der Waals surface area contributed by atoms with Gasteiger partial charge in [0.2, 0.25) is 5.89 Å². The first-order chi connectivity index (χ1) is 15.7. The first-order valence-corrected chi connectivity index (χ1v) is 11.2. The fourth-order valence-corrected chi connectivity index (χ4v) is 4.84. The number of aryl methyl sites for hydroxylation is 1. The summed E-state index contributed by atoms with van der Waals surface area (Å²) < 4.78 is 9.17. The summed E-state index contributed by atoms with van der Waals surface area (Å²) in [5.74, 6) is 2.24. The van der Waals surface area contributed by atoms with Crippen molar-refractivity contribution in [3.05, 3.63) is 70.6 Å². The summed E-state index contributed by atoms with van der Waals surface area (Å²) in [5, 5.41) is 3.48. The summed E-state index contributed by atoms with van der Waals surface area (Å²) in [5.41, 5.74) is 6.71. The van der Waals surface area contributed by atoms with Crippen LogP contribution in [0.2, 0.25) is 0 Å². The molecule has 160 valence electrons. The normalized spacial score (nSPS) is 19.0. The Balaban J connectivity index is 0.000000123. The molecule has 7 rings (SSSR count). The minimum absolute atomic E-state index is 0.187. The van der Waals surface area contributed by atoms with Crippen LogP contribution < -0.4 is 5.56 Å². The lowest BCUT2D eigenvalue weighted by atomic mass is 10.0. The molecule has 0 spiro atoms. The molecule has 0 aliphatic heterocycles. The zero-order chi connectivity index (χ0) is 21.7. The SMILES string of the molecule is C1=C(c2ccc3scnc3c2)C[C@H]2C[C@@H]12.Cn1cnc2ncn(Cc3ncno3)c(=O)c21. The van der Waals surface area contributed by atoms with Crippen LogP contribution in [-0.4, -0.2) is 34.2 Å². The highest BCUT2D eigenvalue weighted by Gasteiger charge is 2.40. The van der Waals surface area contributed by atoms with Crippen LogP contribution in [0.15, 0.2) is 58.1 Å². The zero-order valence-corrected chi connectivity index (χ0v) is 18.1. The van der Waals surface area contributed by atoms with Gasteiger partial charge in [-0.1, -0.05) is 17.3 Å². The minimum Gasteiger partial charge on any atom is -0.338 e. The van der Waals surface area contributed by atoms with E-state index in [0.717, 1.165) is 17.4 Å². The number of imidazole rings is 1. The van der Waals surface area contributed by atoms with Crippen molar-refractivity contribution in [2.75, 3.05) is 0 Å². The summed E-state index contributed by atoms with van der Waals surface area (Å²) in [6, 6.07) is 6.69. The summed E-state index contributed by atoms with van der Waals surface area (Å²) >= 11 is 1.72. The van der Waals surface area contributed by atoms with Crippen molar-refractivity contribution in [2.24, 2.45) is 18.9 Å². The molecule has 4 aromatic heterocycles. The summed E-state index contributed by atoms with van der Waals surface area (Å²) in [7, 11) is 1.75. The molecule has 0 radical (unpaired) electrons. The number of nitrogens with zero attached hydrogens (tertiary/aromatic N) is 7. The van der Waals surface area contributed by atoms with E-state index in [9.17, 15) is 4.79 Å². The number of fused-ring (bicyclic) bond motifs is 3. The number of aromatic nitrogens is 7. The molecule has 2 aliphatic rings. The average molecular weight is 446 g/mol. The molecular weight excluding hydrogens is 426 g/mol. The molecule has 1 fully saturated rings. The van der Waals surface area contributed by atoms with Gasteiger partial charge in [0.1, 0.15) is 12.9 Å². The fraction of sp³-hybridized carbons (Fsp3) is 0.273. The van der Waals surface area contributed by atoms with Gasteiger partial charge in [0.25, 0.3) is 5.56 Å². The molecular formula is C22H19N7O2S. The Morgan fingerprint density at radius 1 is 1.19 bits per heavy atom. The number of rotatable bonds is 3. The van der Waals surface area contributed by atoms with Gasteiger partial charge in [0.15, 0.2) is 17.5 Å². The molecule has 5 aromatic rings. The Labute approximate surface area is 186 Å². The van der Waals surface area contributed by atoms with Gasteiger partial charge in [-0.3, -0.25) is 9.36 Å². The lowest BCUT2D eigenvalue weighted by Gasteiger charge is -2.03. The Morgan fingerprint density at radius 3 is 2.91 bits per heavy atom. The average Bonchev–Trinajstić information content (AvgIpc) is 3.34. The predicted molar refractivity (Wildman–Crippen MR) is 120 cm³/mol. The van der Waals surface area contributed by atoms with Crippen LogP contribution in [0.1, 0.15) is 24.3 Å². The molecule has 0 unspecified atom stereocenters. The number of thiazole rings is 1. The van der Waals surface area contributed by atoms with Gasteiger partial charge in [0, 0.05) is 7.05 Å². The van der Waals surface area contributed by atoms with E-state index in [4.69, 9.17) is 4.52 Å². The number of benzene rings is 1. The third kappa shape index (κ3) is 3.42. The fourth-order valence-electron chi connectivity index (χ4n) is 4.19. The van der Waals surface area contributed by atoms with Crippen molar-refractivity contribution in [3.63, 3.8) is 0 Å². The molecule has 4 heterocycles.